The molecule has 0 saturated carbocycles. The quantitative estimate of drug-likeness (QED) is 0.536. The first-order valence-corrected chi connectivity index (χ1v) is 13.9. The van der Waals surface area contributed by atoms with Crippen LogP contribution < -0.4 is 5.32 Å². The van der Waals surface area contributed by atoms with Crippen molar-refractivity contribution in [2.45, 2.75) is 76.7 Å². The normalized spacial score (nSPS) is 27.0. The minimum absolute atomic E-state index is 0.0362. The number of nitrogens with one attached hydrogen (secondary N) is 1. The van der Waals surface area contributed by atoms with Gasteiger partial charge < -0.3 is 24.8 Å². The highest BCUT2D eigenvalue weighted by atomic mass is 16.7. The average Bonchev–Trinajstić information content (AvgIpc) is 3.60. The summed E-state index contributed by atoms with van der Waals surface area (Å²) in [6, 6.07) is 16.8. The van der Waals surface area contributed by atoms with Crippen LogP contribution in [0.15, 0.2) is 48.5 Å². The number of hydrogen-bond donors (Lipinski definition) is 2. The largest absolute Gasteiger partial charge is 0.392 e. The van der Waals surface area contributed by atoms with E-state index in [0.717, 1.165) is 41.8 Å². The Bertz CT molecular complexity index is 1010. The van der Waals surface area contributed by atoms with Crippen LogP contribution in [-0.4, -0.2) is 65.7 Å². The van der Waals surface area contributed by atoms with Crippen LogP contribution in [-0.2, 0) is 27.4 Å². The molecule has 200 valence electrons. The van der Waals surface area contributed by atoms with Gasteiger partial charge in [0.25, 0.3) is 0 Å². The van der Waals surface area contributed by atoms with E-state index in [0.29, 0.717) is 12.6 Å². The number of nitrogens with zero attached hydrogens (tertiary/aromatic N) is 2. The number of carbonyl (C=O) groups is 1. The summed E-state index contributed by atoms with van der Waals surface area (Å²) in [5.74, 6) is -0.0362. The Kier molecular flexibility index (Phi) is 8.89. The maximum absolute atomic E-state index is 11.3. The molecule has 2 aromatic carbocycles. The Balaban J connectivity index is 1.30. The fourth-order valence-electron chi connectivity index (χ4n) is 5.92. The van der Waals surface area contributed by atoms with Gasteiger partial charge in [0.2, 0.25) is 5.91 Å². The predicted molar refractivity (Wildman–Crippen MR) is 143 cm³/mol. The third kappa shape index (κ3) is 6.98. The van der Waals surface area contributed by atoms with E-state index in [2.05, 4.69) is 27.2 Å². The molecular weight excluding hydrogens is 466 g/mol. The Labute approximate surface area is 220 Å². The summed E-state index contributed by atoms with van der Waals surface area (Å²) >= 11 is 0. The summed E-state index contributed by atoms with van der Waals surface area (Å²) in [4.78, 5) is 16.5. The zero-order chi connectivity index (χ0) is 25.6. The molecule has 0 bridgehead atoms. The number of carbonyl (C=O) groups excluding carboxylic acids is 1. The fourth-order valence-corrected chi connectivity index (χ4v) is 5.92. The number of rotatable bonds is 9. The summed E-state index contributed by atoms with van der Waals surface area (Å²) in [7, 11) is 0. The molecule has 3 saturated heterocycles. The highest BCUT2D eigenvalue weighted by molar-refractivity contribution is 5.72. The van der Waals surface area contributed by atoms with E-state index in [9.17, 15) is 9.90 Å². The van der Waals surface area contributed by atoms with Crippen LogP contribution in [0.2, 0.25) is 0 Å². The van der Waals surface area contributed by atoms with E-state index in [4.69, 9.17) is 9.47 Å². The van der Waals surface area contributed by atoms with Crippen LogP contribution >= 0.6 is 0 Å². The van der Waals surface area contributed by atoms with Crippen molar-refractivity contribution in [3.8, 4) is 0 Å². The van der Waals surface area contributed by atoms with Gasteiger partial charge in [-0.25, -0.2) is 0 Å². The van der Waals surface area contributed by atoms with Crippen LogP contribution in [0, 0.1) is 0 Å². The molecule has 2 aromatic rings. The average molecular weight is 508 g/mol. The van der Waals surface area contributed by atoms with Gasteiger partial charge in [0.1, 0.15) is 0 Å². The second-order valence-corrected chi connectivity index (χ2v) is 10.8. The third-order valence-electron chi connectivity index (χ3n) is 8.01. The smallest absolute Gasteiger partial charge is 0.217 e. The molecule has 5 rings (SSSR count). The predicted octanol–water partition coefficient (Wildman–Crippen LogP) is 3.92. The summed E-state index contributed by atoms with van der Waals surface area (Å²) in [6.07, 6.45) is 5.54. The third-order valence-corrected chi connectivity index (χ3v) is 8.01. The van der Waals surface area contributed by atoms with Crippen molar-refractivity contribution in [2.24, 2.45) is 0 Å². The van der Waals surface area contributed by atoms with Crippen molar-refractivity contribution in [3.63, 3.8) is 0 Å². The Morgan fingerprint density at radius 2 is 1.62 bits per heavy atom. The molecule has 0 aliphatic carbocycles. The molecule has 3 heterocycles. The monoisotopic (exact) mass is 507 g/mol. The first-order valence-electron chi connectivity index (χ1n) is 13.9. The van der Waals surface area contributed by atoms with Gasteiger partial charge >= 0.3 is 0 Å². The number of likely N-dealkylation sites (tertiary alicyclic amines) is 2. The lowest BCUT2D eigenvalue weighted by Gasteiger charge is -2.39. The molecule has 1 amide bonds. The van der Waals surface area contributed by atoms with Gasteiger partial charge in [0, 0.05) is 44.6 Å². The number of hydrogen-bond acceptors (Lipinski definition) is 6. The second kappa shape index (κ2) is 12.5. The number of aliphatic hydroxyl groups excluding tert-OH is 1. The van der Waals surface area contributed by atoms with Crippen LogP contribution in [0.4, 0.5) is 0 Å². The van der Waals surface area contributed by atoms with E-state index in [-0.39, 0.29) is 24.7 Å². The van der Waals surface area contributed by atoms with E-state index < -0.39 is 6.29 Å². The SMILES string of the molecule is CC(=O)NCc1ccc(C2OC(CN3CCCC3CN3CCCC3)CC(c3ccc(CO)cc3)O2)cc1. The molecule has 4 unspecified atom stereocenters. The fraction of sp³-hybridized carbons (Fsp3) is 0.567. The molecule has 4 atom stereocenters. The van der Waals surface area contributed by atoms with Crippen molar-refractivity contribution < 1.29 is 19.4 Å². The molecule has 3 aliphatic rings. The minimum Gasteiger partial charge on any atom is -0.392 e. The molecule has 3 aliphatic heterocycles. The highest BCUT2D eigenvalue weighted by Crippen LogP contribution is 2.38. The molecule has 0 spiro atoms. The number of benzene rings is 2. The van der Waals surface area contributed by atoms with Crippen molar-refractivity contribution >= 4 is 5.91 Å². The lowest BCUT2D eigenvalue weighted by molar-refractivity contribution is -0.253. The van der Waals surface area contributed by atoms with Gasteiger partial charge in [-0.15, -0.1) is 0 Å². The zero-order valence-corrected chi connectivity index (χ0v) is 22.0. The van der Waals surface area contributed by atoms with Crippen molar-refractivity contribution in [3.05, 3.63) is 70.8 Å². The van der Waals surface area contributed by atoms with E-state index in [1.54, 1.807) is 0 Å². The van der Waals surface area contributed by atoms with Crippen LogP contribution in [0.1, 0.15) is 73.7 Å². The zero-order valence-electron chi connectivity index (χ0n) is 22.0. The molecule has 37 heavy (non-hydrogen) atoms. The molecular formula is C30H41N3O4. The van der Waals surface area contributed by atoms with Crippen molar-refractivity contribution in [1.82, 2.24) is 15.1 Å². The molecule has 7 heteroatoms. The van der Waals surface area contributed by atoms with Crippen LogP contribution in [0.5, 0.6) is 0 Å². The van der Waals surface area contributed by atoms with Gasteiger partial charge in [-0.05, 0) is 62.0 Å². The topological polar surface area (TPSA) is 74.3 Å². The molecule has 2 N–H and O–H groups in total. The summed E-state index contributed by atoms with van der Waals surface area (Å²) in [6.45, 7) is 7.79. The molecule has 0 aromatic heterocycles. The summed E-state index contributed by atoms with van der Waals surface area (Å²) in [5.41, 5.74) is 4.06. The number of aliphatic hydroxyl groups is 1. The minimum atomic E-state index is -0.448. The van der Waals surface area contributed by atoms with Gasteiger partial charge in [-0.1, -0.05) is 48.5 Å². The summed E-state index contributed by atoms with van der Waals surface area (Å²) < 4.78 is 13.1. The van der Waals surface area contributed by atoms with Crippen LogP contribution in [0.3, 0.4) is 0 Å². The second-order valence-electron chi connectivity index (χ2n) is 10.8. The van der Waals surface area contributed by atoms with Gasteiger partial charge in [-0.3, -0.25) is 9.69 Å². The van der Waals surface area contributed by atoms with Crippen molar-refractivity contribution in [2.75, 3.05) is 32.7 Å². The number of ether oxygens (including phenoxy) is 2. The van der Waals surface area contributed by atoms with Crippen LogP contribution in [0.25, 0.3) is 0 Å². The standard InChI is InChI=1S/C30H41N3O4/c1-22(35)31-18-23-6-12-26(13-7-23)30-36-28(17-29(37-30)25-10-8-24(21-34)9-11-25)20-33-16-4-5-27(33)19-32-14-2-3-15-32/h6-13,27-30,34H,2-5,14-21H2,1H3,(H,31,35). The highest BCUT2D eigenvalue weighted by Gasteiger charge is 2.36. The lowest BCUT2D eigenvalue weighted by Crippen LogP contribution is -2.45. The molecule has 7 nitrogen and oxygen atoms in total. The first-order chi connectivity index (χ1) is 18.1. The summed E-state index contributed by atoms with van der Waals surface area (Å²) in [5, 5.41) is 12.3. The maximum atomic E-state index is 11.3. The molecule has 0 radical (unpaired) electrons. The lowest BCUT2D eigenvalue weighted by atomic mass is 9.99. The van der Waals surface area contributed by atoms with Gasteiger partial charge in [0.15, 0.2) is 6.29 Å². The molecule has 3 fully saturated rings. The van der Waals surface area contributed by atoms with E-state index >= 15 is 0 Å². The first kappa shape index (κ1) is 26.3. The maximum Gasteiger partial charge on any atom is 0.217 e. The van der Waals surface area contributed by atoms with E-state index in [1.165, 1.54) is 52.2 Å². The Hall–Kier alpha value is -2.29. The van der Waals surface area contributed by atoms with E-state index in [1.807, 2.05) is 36.4 Å². The van der Waals surface area contributed by atoms with Gasteiger partial charge in [0.05, 0.1) is 18.8 Å². The Morgan fingerprint density at radius 3 is 2.32 bits per heavy atom. The van der Waals surface area contributed by atoms with Crippen molar-refractivity contribution in [1.29, 1.82) is 0 Å². The Morgan fingerprint density at radius 1 is 0.919 bits per heavy atom. The number of amides is 1. The van der Waals surface area contributed by atoms with Gasteiger partial charge in [-0.2, -0.15) is 0 Å².